The molecule has 1 atom stereocenters. The maximum atomic E-state index is 12.8. The van der Waals surface area contributed by atoms with Crippen LogP contribution in [0.15, 0.2) is 55.0 Å². The molecule has 27 heavy (non-hydrogen) atoms. The average Bonchev–Trinajstić information content (AvgIpc) is 3.34. The molecule has 1 N–H and O–H groups in total. The van der Waals surface area contributed by atoms with Gasteiger partial charge in [-0.2, -0.15) is 5.10 Å². The number of nitrogens with one attached hydrogen (secondary N) is 1. The predicted molar refractivity (Wildman–Crippen MR) is 105 cm³/mol. The summed E-state index contributed by atoms with van der Waals surface area (Å²) < 4.78 is 3.63. The summed E-state index contributed by atoms with van der Waals surface area (Å²) in [5, 5.41) is 7.35. The standard InChI is InChI=1S/C21H25N5O/c1-16(26-12-9-17-7-3-4-8-18(17)15-26)13-22-20(27)19-14-23-24(2)21(19)25-10-5-6-11-25/h3-8,10-11,14,16H,9,12-13,15H2,1-2H3,(H,22,27). The van der Waals surface area contributed by atoms with E-state index in [0.717, 1.165) is 25.3 Å². The Bertz CT molecular complexity index is 928. The van der Waals surface area contributed by atoms with Gasteiger partial charge < -0.3 is 9.88 Å². The number of carbonyl (C=O) groups is 1. The molecule has 6 heteroatoms. The summed E-state index contributed by atoms with van der Waals surface area (Å²) in [6, 6.07) is 12.8. The average molecular weight is 363 g/mol. The van der Waals surface area contributed by atoms with Gasteiger partial charge in [-0.25, -0.2) is 0 Å². The van der Waals surface area contributed by atoms with Crippen LogP contribution in [0.1, 0.15) is 28.4 Å². The van der Waals surface area contributed by atoms with Gasteiger partial charge in [-0.1, -0.05) is 24.3 Å². The van der Waals surface area contributed by atoms with Crippen LogP contribution in [0, 0.1) is 0 Å². The molecular weight excluding hydrogens is 338 g/mol. The molecule has 140 valence electrons. The first-order valence-corrected chi connectivity index (χ1v) is 9.38. The van der Waals surface area contributed by atoms with Gasteiger partial charge in [-0.3, -0.25) is 14.4 Å². The molecule has 0 spiro atoms. The smallest absolute Gasteiger partial charge is 0.256 e. The Morgan fingerprint density at radius 1 is 1.19 bits per heavy atom. The van der Waals surface area contributed by atoms with E-state index < -0.39 is 0 Å². The number of aromatic nitrogens is 3. The summed E-state index contributed by atoms with van der Waals surface area (Å²) in [6.45, 7) is 4.75. The summed E-state index contributed by atoms with van der Waals surface area (Å²) in [4.78, 5) is 15.2. The minimum absolute atomic E-state index is 0.0870. The van der Waals surface area contributed by atoms with Crippen LogP contribution in [0.3, 0.4) is 0 Å². The van der Waals surface area contributed by atoms with Gasteiger partial charge in [0.25, 0.3) is 5.91 Å². The van der Waals surface area contributed by atoms with Crippen LogP contribution in [0.5, 0.6) is 0 Å². The summed E-state index contributed by atoms with van der Waals surface area (Å²) in [7, 11) is 1.85. The SMILES string of the molecule is CC(CNC(=O)c1cnn(C)c1-n1cccc1)N1CCc2ccccc2C1. The first-order valence-electron chi connectivity index (χ1n) is 9.38. The van der Waals surface area contributed by atoms with E-state index in [0.29, 0.717) is 12.1 Å². The minimum Gasteiger partial charge on any atom is -0.350 e. The second-order valence-electron chi connectivity index (χ2n) is 7.14. The van der Waals surface area contributed by atoms with Gasteiger partial charge in [0, 0.05) is 45.1 Å². The van der Waals surface area contributed by atoms with Crippen LogP contribution in [0.2, 0.25) is 0 Å². The third kappa shape index (κ3) is 3.53. The van der Waals surface area contributed by atoms with Gasteiger partial charge in [-0.15, -0.1) is 0 Å². The Balaban J connectivity index is 1.40. The summed E-state index contributed by atoms with van der Waals surface area (Å²) in [5.74, 6) is 0.688. The molecule has 0 aliphatic carbocycles. The van der Waals surface area contributed by atoms with Gasteiger partial charge >= 0.3 is 0 Å². The zero-order chi connectivity index (χ0) is 18.8. The van der Waals surface area contributed by atoms with Crippen molar-refractivity contribution in [2.24, 2.45) is 7.05 Å². The Hall–Kier alpha value is -2.86. The molecule has 2 aromatic heterocycles. The van der Waals surface area contributed by atoms with Gasteiger partial charge in [0.1, 0.15) is 11.4 Å². The van der Waals surface area contributed by atoms with Crippen LogP contribution in [-0.4, -0.2) is 44.3 Å². The zero-order valence-corrected chi connectivity index (χ0v) is 15.8. The number of hydrogen-bond donors (Lipinski definition) is 1. The molecule has 0 radical (unpaired) electrons. The fourth-order valence-corrected chi connectivity index (χ4v) is 3.73. The number of nitrogens with zero attached hydrogens (tertiary/aromatic N) is 4. The van der Waals surface area contributed by atoms with Crippen molar-refractivity contribution in [2.45, 2.75) is 25.9 Å². The van der Waals surface area contributed by atoms with Gasteiger partial charge in [0.05, 0.1) is 6.20 Å². The van der Waals surface area contributed by atoms with E-state index in [1.807, 2.05) is 36.1 Å². The van der Waals surface area contributed by atoms with E-state index in [9.17, 15) is 4.79 Å². The van der Waals surface area contributed by atoms with E-state index in [1.165, 1.54) is 11.1 Å². The summed E-state index contributed by atoms with van der Waals surface area (Å²) in [5.41, 5.74) is 3.42. The van der Waals surface area contributed by atoms with Crippen molar-refractivity contribution in [2.75, 3.05) is 13.1 Å². The molecule has 3 aromatic rings. The molecule has 1 aliphatic rings. The lowest BCUT2D eigenvalue weighted by Crippen LogP contribution is -2.44. The van der Waals surface area contributed by atoms with Crippen LogP contribution >= 0.6 is 0 Å². The number of rotatable bonds is 5. The lowest BCUT2D eigenvalue weighted by Gasteiger charge is -2.33. The first-order chi connectivity index (χ1) is 13.1. The van der Waals surface area contributed by atoms with Gasteiger partial charge in [0.15, 0.2) is 0 Å². The number of amides is 1. The fourth-order valence-electron chi connectivity index (χ4n) is 3.73. The first kappa shape index (κ1) is 17.5. The van der Waals surface area contributed by atoms with Crippen LogP contribution in [-0.2, 0) is 20.0 Å². The minimum atomic E-state index is -0.0870. The van der Waals surface area contributed by atoms with Crippen molar-refractivity contribution in [3.63, 3.8) is 0 Å². The van der Waals surface area contributed by atoms with E-state index in [-0.39, 0.29) is 11.9 Å². The molecule has 1 amide bonds. The third-order valence-corrected chi connectivity index (χ3v) is 5.34. The number of aryl methyl sites for hydroxylation is 1. The highest BCUT2D eigenvalue weighted by Crippen LogP contribution is 2.20. The Morgan fingerprint density at radius 2 is 1.93 bits per heavy atom. The van der Waals surface area contributed by atoms with Gasteiger partial charge in [0.2, 0.25) is 0 Å². The molecular formula is C21H25N5O. The lowest BCUT2D eigenvalue weighted by molar-refractivity contribution is 0.0932. The van der Waals surface area contributed by atoms with Crippen molar-refractivity contribution in [1.29, 1.82) is 0 Å². The number of carbonyl (C=O) groups excluding carboxylic acids is 1. The predicted octanol–water partition coefficient (Wildman–Crippen LogP) is 2.39. The highest BCUT2D eigenvalue weighted by Gasteiger charge is 2.22. The normalized spacial score (nSPS) is 15.3. The van der Waals surface area contributed by atoms with E-state index in [4.69, 9.17) is 0 Å². The highest BCUT2D eigenvalue weighted by molar-refractivity contribution is 5.97. The van der Waals surface area contributed by atoms with E-state index in [2.05, 4.69) is 46.5 Å². The quantitative estimate of drug-likeness (QED) is 0.757. The van der Waals surface area contributed by atoms with Crippen molar-refractivity contribution in [1.82, 2.24) is 24.6 Å². The molecule has 1 unspecified atom stereocenters. The molecule has 0 saturated heterocycles. The molecule has 4 rings (SSSR count). The monoisotopic (exact) mass is 363 g/mol. The lowest BCUT2D eigenvalue weighted by atomic mass is 9.99. The van der Waals surface area contributed by atoms with Gasteiger partial charge in [-0.05, 0) is 36.6 Å². The molecule has 3 heterocycles. The van der Waals surface area contributed by atoms with Crippen molar-refractivity contribution >= 4 is 5.91 Å². The Kier molecular flexibility index (Phi) is 4.81. The summed E-state index contributed by atoms with van der Waals surface area (Å²) in [6.07, 6.45) is 6.53. The van der Waals surface area contributed by atoms with Crippen LogP contribution < -0.4 is 5.32 Å². The molecule has 0 saturated carbocycles. The number of hydrogen-bond acceptors (Lipinski definition) is 3. The van der Waals surface area contributed by atoms with Crippen molar-refractivity contribution in [3.8, 4) is 5.82 Å². The topological polar surface area (TPSA) is 55.1 Å². The second-order valence-corrected chi connectivity index (χ2v) is 7.14. The zero-order valence-electron chi connectivity index (χ0n) is 15.8. The molecule has 6 nitrogen and oxygen atoms in total. The molecule has 0 bridgehead atoms. The maximum absolute atomic E-state index is 12.8. The number of fused-ring (bicyclic) bond motifs is 1. The van der Waals surface area contributed by atoms with Crippen molar-refractivity contribution < 1.29 is 4.79 Å². The molecule has 1 aliphatic heterocycles. The third-order valence-electron chi connectivity index (χ3n) is 5.34. The molecule has 1 aromatic carbocycles. The number of benzene rings is 1. The maximum Gasteiger partial charge on any atom is 0.256 e. The van der Waals surface area contributed by atoms with E-state index >= 15 is 0 Å². The van der Waals surface area contributed by atoms with Crippen LogP contribution in [0.25, 0.3) is 5.82 Å². The molecule has 0 fully saturated rings. The second kappa shape index (κ2) is 7.40. The highest BCUT2D eigenvalue weighted by atomic mass is 16.1. The largest absolute Gasteiger partial charge is 0.350 e. The van der Waals surface area contributed by atoms with Crippen LogP contribution in [0.4, 0.5) is 0 Å². The van der Waals surface area contributed by atoms with Crippen molar-refractivity contribution in [3.05, 3.63) is 71.7 Å². The Morgan fingerprint density at radius 3 is 2.70 bits per heavy atom. The fraction of sp³-hybridized carbons (Fsp3) is 0.333. The van der Waals surface area contributed by atoms with E-state index in [1.54, 1.807) is 10.9 Å². The Labute approximate surface area is 159 Å². The summed E-state index contributed by atoms with van der Waals surface area (Å²) >= 11 is 0.